The van der Waals surface area contributed by atoms with Crippen molar-refractivity contribution in [2.75, 3.05) is 13.7 Å². The molecule has 4 rings (SSSR count). The van der Waals surface area contributed by atoms with Crippen molar-refractivity contribution < 1.29 is 23.4 Å². The summed E-state index contributed by atoms with van der Waals surface area (Å²) in [7, 11) is 1.57. The Morgan fingerprint density at radius 2 is 1.87 bits per heavy atom. The van der Waals surface area contributed by atoms with Crippen LogP contribution < -0.4 is 9.47 Å². The molecule has 3 aromatic carbocycles. The van der Waals surface area contributed by atoms with Gasteiger partial charge in [0.05, 0.1) is 19.3 Å². The Kier molecular flexibility index (Phi) is 6.09. The first-order valence-corrected chi connectivity index (χ1v) is 10.1. The number of fused-ring (bicyclic) bond motifs is 1. The van der Waals surface area contributed by atoms with Crippen molar-refractivity contribution in [1.29, 1.82) is 0 Å². The van der Waals surface area contributed by atoms with Crippen molar-refractivity contribution in [1.82, 2.24) is 4.98 Å². The van der Waals surface area contributed by atoms with Gasteiger partial charge in [-0.25, -0.2) is 9.78 Å². The van der Waals surface area contributed by atoms with Crippen LogP contribution in [0, 0.1) is 0 Å². The van der Waals surface area contributed by atoms with Gasteiger partial charge in [0.25, 0.3) is 0 Å². The molecule has 0 aliphatic rings. The van der Waals surface area contributed by atoms with Crippen LogP contribution in [0.1, 0.15) is 18.6 Å². The van der Waals surface area contributed by atoms with Crippen LogP contribution in [0.2, 0.25) is 5.02 Å². The van der Waals surface area contributed by atoms with Crippen LogP contribution >= 0.6 is 11.6 Å². The van der Waals surface area contributed by atoms with E-state index in [9.17, 15) is 4.79 Å². The Balaban J connectivity index is 1.78. The average Bonchev–Trinajstić information content (AvgIpc) is 3.22. The molecule has 6 nitrogen and oxygen atoms in total. The second-order valence-corrected chi connectivity index (χ2v) is 7.09. The second-order valence-electron chi connectivity index (χ2n) is 6.65. The van der Waals surface area contributed by atoms with Crippen molar-refractivity contribution in [3.63, 3.8) is 0 Å². The summed E-state index contributed by atoms with van der Waals surface area (Å²) >= 11 is 6.00. The molecule has 0 radical (unpaired) electrons. The monoisotopic (exact) mass is 437 g/mol. The van der Waals surface area contributed by atoms with Gasteiger partial charge in [-0.1, -0.05) is 35.9 Å². The summed E-state index contributed by atoms with van der Waals surface area (Å²) in [5.74, 6) is 0.849. The van der Waals surface area contributed by atoms with Gasteiger partial charge in [0.15, 0.2) is 5.58 Å². The maximum Gasteiger partial charge on any atom is 0.352 e. The molecular weight excluding hydrogens is 418 g/mol. The molecule has 158 valence electrons. The molecule has 7 heteroatoms. The minimum absolute atomic E-state index is 0.229. The van der Waals surface area contributed by atoms with Gasteiger partial charge >= 0.3 is 5.97 Å². The number of esters is 1. The fraction of sp³-hybridized carbons (Fsp3) is 0.167. The lowest BCUT2D eigenvalue weighted by molar-refractivity contribution is -0.151. The van der Waals surface area contributed by atoms with E-state index in [0.29, 0.717) is 44.6 Å². The van der Waals surface area contributed by atoms with Gasteiger partial charge in [0.2, 0.25) is 12.0 Å². The van der Waals surface area contributed by atoms with E-state index in [4.69, 9.17) is 30.2 Å². The Morgan fingerprint density at radius 3 is 2.58 bits per heavy atom. The largest absolute Gasteiger partial charge is 0.497 e. The van der Waals surface area contributed by atoms with E-state index >= 15 is 0 Å². The zero-order valence-corrected chi connectivity index (χ0v) is 17.8. The predicted octanol–water partition coefficient (Wildman–Crippen LogP) is 5.84. The van der Waals surface area contributed by atoms with Gasteiger partial charge in [-0.15, -0.1) is 0 Å². The van der Waals surface area contributed by atoms with E-state index in [1.807, 2.05) is 24.3 Å². The number of aromatic nitrogens is 1. The first kappa shape index (κ1) is 20.8. The summed E-state index contributed by atoms with van der Waals surface area (Å²) in [5.41, 5.74) is 2.53. The molecule has 0 aliphatic carbocycles. The summed E-state index contributed by atoms with van der Waals surface area (Å²) in [6.07, 6.45) is -0.992. The minimum Gasteiger partial charge on any atom is -0.497 e. The summed E-state index contributed by atoms with van der Waals surface area (Å²) < 4.78 is 22.7. The molecular formula is C24H20ClNO5. The lowest BCUT2D eigenvalue weighted by atomic mass is 10.1. The highest BCUT2D eigenvalue weighted by Crippen LogP contribution is 2.37. The summed E-state index contributed by atoms with van der Waals surface area (Å²) in [4.78, 5) is 17.3. The number of carbonyl (C=O) groups is 1. The predicted molar refractivity (Wildman–Crippen MR) is 117 cm³/mol. The highest BCUT2D eigenvalue weighted by atomic mass is 35.5. The zero-order valence-electron chi connectivity index (χ0n) is 17.0. The number of benzene rings is 3. The van der Waals surface area contributed by atoms with Crippen LogP contribution in [-0.4, -0.2) is 24.7 Å². The second kappa shape index (κ2) is 9.10. The van der Waals surface area contributed by atoms with E-state index in [1.165, 1.54) is 0 Å². The van der Waals surface area contributed by atoms with E-state index in [1.54, 1.807) is 56.5 Å². The number of oxazole rings is 1. The number of carbonyl (C=O) groups excluding carboxylic acids is 1. The van der Waals surface area contributed by atoms with Gasteiger partial charge in [0.1, 0.15) is 17.0 Å². The number of halogens is 1. The van der Waals surface area contributed by atoms with Crippen LogP contribution in [0.4, 0.5) is 0 Å². The number of para-hydroxylation sites is 2. The molecule has 0 aliphatic heterocycles. The summed E-state index contributed by atoms with van der Waals surface area (Å²) in [5, 5.41) is 0.558. The van der Waals surface area contributed by atoms with Crippen LogP contribution in [0.15, 0.2) is 71.1 Å². The Bertz CT molecular complexity index is 1170. The third-order valence-corrected chi connectivity index (χ3v) is 4.88. The van der Waals surface area contributed by atoms with Gasteiger partial charge in [-0.05, 0) is 49.4 Å². The minimum atomic E-state index is -0.992. The molecule has 0 fully saturated rings. The average molecular weight is 438 g/mol. The van der Waals surface area contributed by atoms with E-state index in [2.05, 4.69) is 4.98 Å². The molecule has 4 aromatic rings. The third-order valence-electron chi connectivity index (χ3n) is 4.63. The van der Waals surface area contributed by atoms with Crippen LogP contribution in [-0.2, 0) is 9.53 Å². The quantitative estimate of drug-likeness (QED) is 0.338. The van der Waals surface area contributed by atoms with E-state index < -0.39 is 12.1 Å². The highest BCUT2D eigenvalue weighted by Gasteiger charge is 2.26. The van der Waals surface area contributed by atoms with E-state index in [-0.39, 0.29) is 6.61 Å². The molecule has 0 saturated carbocycles. The number of rotatable bonds is 7. The van der Waals surface area contributed by atoms with Gasteiger partial charge in [-0.3, -0.25) is 0 Å². The normalized spacial score (nSPS) is 11.8. The molecule has 1 heterocycles. The van der Waals surface area contributed by atoms with E-state index in [0.717, 1.165) is 0 Å². The van der Waals surface area contributed by atoms with Gasteiger partial charge < -0.3 is 18.6 Å². The Morgan fingerprint density at radius 1 is 1.10 bits per heavy atom. The molecule has 0 bridgehead atoms. The molecule has 0 saturated heterocycles. The molecule has 1 atom stereocenters. The number of methoxy groups -OCH3 is 1. The van der Waals surface area contributed by atoms with Gasteiger partial charge in [-0.2, -0.15) is 0 Å². The van der Waals surface area contributed by atoms with Crippen LogP contribution in [0.25, 0.3) is 22.6 Å². The Labute approximate surface area is 184 Å². The number of hydrogen-bond acceptors (Lipinski definition) is 6. The Hall–Kier alpha value is -3.51. The first-order valence-electron chi connectivity index (χ1n) is 9.71. The molecule has 0 spiro atoms. The van der Waals surface area contributed by atoms with Crippen LogP contribution in [0.3, 0.4) is 0 Å². The lowest BCUT2D eigenvalue weighted by Gasteiger charge is -2.20. The molecule has 1 unspecified atom stereocenters. The van der Waals surface area contributed by atoms with Crippen molar-refractivity contribution in [3.8, 4) is 23.0 Å². The van der Waals surface area contributed by atoms with Gasteiger partial charge in [0, 0.05) is 10.6 Å². The number of nitrogens with zero attached hydrogens (tertiary/aromatic N) is 1. The smallest absolute Gasteiger partial charge is 0.352 e. The van der Waals surface area contributed by atoms with Crippen LogP contribution in [0.5, 0.6) is 11.5 Å². The maximum absolute atomic E-state index is 12.7. The molecule has 31 heavy (non-hydrogen) atoms. The standard InChI is InChI=1S/C24H20ClNO5/c1-3-29-24(27)22(15-8-10-16(25)11-9-15)30-20-13-12-17(28-2)14-18(20)23-26-19-6-4-5-7-21(19)31-23/h4-14,22H,3H2,1-2H3. The van der Waals surface area contributed by atoms with Crippen molar-refractivity contribution >= 4 is 28.7 Å². The fourth-order valence-corrected chi connectivity index (χ4v) is 3.25. The highest BCUT2D eigenvalue weighted by molar-refractivity contribution is 6.30. The lowest BCUT2D eigenvalue weighted by Crippen LogP contribution is -2.21. The SMILES string of the molecule is CCOC(=O)C(Oc1ccc(OC)cc1-c1nc2ccccc2o1)c1ccc(Cl)cc1. The topological polar surface area (TPSA) is 70.8 Å². The fourth-order valence-electron chi connectivity index (χ4n) is 3.13. The third kappa shape index (κ3) is 4.49. The molecule has 0 N–H and O–H groups in total. The summed E-state index contributed by atoms with van der Waals surface area (Å²) in [6.45, 7) is 1.97. The van der Waals surface area contributed by atoms with Crippen molar-refractivity contribution in [2.45, 2.75) is 13.0 Å². The molecule has 1 aromatic heterocycles. The first-order chi connectivity index (χ1) is 15.1. The maximum atomic E-state index is 12.7. The van der Waals surface area contributed by atoms with Crippen molar-refractivity contribution in [3.05, 3.63) is 77.3 Å². The number of ether oxygens (including phenoxy) is 3. The number of hydrogen-bond donors (Lipinski definition) is 0. The van der Waals surface area contributed by atoms with Crippen molar-refractivity contribution in [2.24, 2.45) is 0 Å². The summed E-state index contributed by atoms with van der Waals surface area (Å²) in [6, 6.07) is 19.5. The molecule has 0 amide bonds. The zero-order chi connectivity index (χ0) is 21.8.